The number of fused-ring (bicyclic) bond motifs is 2. The molecule has 1 fully saturated rings. The minimum atomic E-state index is -0.960. The number of hydrogen-bond donors (Lipinski definition) is 1. The van der Waals surface area contributed by atoms with Crippen molar-refractivity contribution in [3.63, 3.8) is 0 Å². The van der Waals surface area contributed by atoms with E-state index in [1.54, 1.807) is 42.5 Å². The molecule has 1 heterocycles. The average molecular weight is 349 g/mol. The zero-order valence-electron chi connectivity index (χ0n) is 14.5. The van der Waals surface area contributed by atoms with Crippen LogP contribution in [0.15, 0.2) is 42.5 Å². The zero-order valence-corrected chi connectivity index (χ0v) is 14.5. The Hall–Kier alpha value is -2.95. The van der Waals surface area contributed by atoms with Gasteiger partial charge in [-0.05, 0) is 43.9 Å². The van der Waals surface area contributed by atoms with Gasteiger partial charge in [-0.3, -0.25) is 14.5 Å². The molecule has 2 aliphatic rings. The van der Waals surface area contributed by atoms with Crippen molar-refractivity contribution in [2.45, 2.75) is 31.7 Å². The van der Waals surface area contributed by atoms with E-state index in [1.807, 2.05) is 6.92 Å². The third-order valence-electron chi connectivity index (χ3n) is 5.67. The van der Waals surface area contributed by atoms with Crippen LogP contribution in [0.1, 0.15) is 63.6 Å². The molecule has 1 aliphatic carbocycles. The van der Waals surface area contributed by atoms with Gasteiger partial charge >= 0.3 is 6.09 Å². The fourth-order valence-electron chi connectivity index (χ4n) is 4.16. The number of nitrogens with zero attached hydrogens (tertiary/aromatic N) is 1. The predicted molar refractivity (Wildman–Crippen MR) is 95.7 cm³/mol. The first kappa shape index (κ1) is 16.5. The molecule has 2 aromatic carbocycles. The van der Waals surface area contributed by atoms with Gasteiger partial charge in [0.25, 0.3) is 0 Å². The van der Waals surface area contributed by atoms with Crippen LogP contribution in [0.3, 0.4) is 0 Å². The molecular weight excluding hydrogens is 330 g/mol. The predicted octanol–water partition coefficient (Wildman–Crippen LogP) is 3.84. The van der Waals surface area contributed by atoms with Gasteiger partial charge in [0.1, 0.15) is 0 Å². The summed E-state index contributed by atoms with van der Waals surface area (Å²) >= 11 is 0. The molecule has 5 heteroatoms. The van der Waals surface area contributed by atoms with E-state index in [0.29, 0.717) is 35.2 Å². The average Bonchev–Trinajstić information content (AvgIpc) is 2.66. The zero-order chi connectivity index (χ0) is 18.5. The second-order valence-electron chi connectivity index (χ2n) is 7.13. The van der Waals surface area contributed by atoms with Crippen molar-refractivity contribution in [1.29, 1.82) is 0 Å². The molecule has 0 bridgehead atoms. The molecule has 0 aromatic heterocycles. The second-order valence-corrected chi connectivity index (χ2v) is 7.13. The van der Waals surface area contributed by atoms with E-state index in [1.165, 1.54) is 4.90 Å². The third kappa shape index (κ3) is 2.27. The molecule has 1 saturated heterocycles. The van der Waals surface area contributed by atoms with Crippen LogP contribution in [0, 0.1) is 0 Å². The normalized spacial score (nSPS) is 22.0. The first-order valence-electron chi connectivity index (χ1n) is 8.77. The summed E-state index contributed by atoms with van der Waals surface area (Å²) in [5.41, 5.74) is 1.65. The van der Waals surface area contributed by atoms with E-state index < -0.39 is 11.6 Å². The van der Waals surface area contributed by atoms with Crippen LogP contribution in [-0.2, 0) is 5.54 Å². The van der Waals surface area contributed by atoms with Crippen molar-refractivity contribution < 1.29 is 19.5 Å². The summed E-state index contributed by atoms with van der Waals surface area (Å²) in [5.74, 6) is -0.344. The monoisotopic (exact) mass is 349 g/mol. The Morgan fingerprint density at radius 2 is 1.58 bits per heavy atom. The van der Waals surface area contributed by atoms with Crippen LogP contribution in [-0.4, -0.2) is 34.2 Å². The first-order valence-corrected chi connectivity index (χ1v) is 8.77. The summed E-state index contributed by atoms with van der Waals surface area (Å²) in [6, 6.07) is 12.0. The molecule has 26 heavy (non-hydrogen) atoms. The smallest absolute Gasteiger partial charge is 0.408 e. The number of hydrogen-bond acceptors (Lipinski definition) is 3. The Morgan fingerprint density at radius 1 is 0.962 bits per heavy atom. The number of carbonyl (C=O) groups is 3. The SMILES string of the molecule is CC1(c2ccc3c(c2)C(=O)c2ccccc2C3=O)CCCCN1C(=O)O. The van der Waals surface area contributed by atoms with E-state index in [9.17, 15) is 19.5 Å². The Labute approximate surface area is 151 Å². The molecule has 0 spiro atoms. The third-order valence-corrected chi connectivity index (χ3v) is 5.67. The maximum Gasteiger partial charge on any atom is 0.408 e. The van der Waals surface area contributed by atoms with Crippen molar-refractivity contribution in [3.05, 3.63) is 70.3 Å². The van der Waals surface area contributed by atoms with Crippen molar-refractivity contribution in [3.8, 4) is 0 Å². The summed E-state index contributed by atoms with van der Waals surface area (Å²) in [4.78, 5) is 38.8. The number of benzene rings is 2. The fourth-order valence-corrected chi connectivity index (χ4v) is 4.16. The number of carbonyl (C=O) groups excluding carboxylic acids is 2. The molecule has 0 saturated carbocycles. The van der Waals surface area contributed by atoms with Crippen LogP contribution in [0.5, 0.6) is 0 Å². The highest BCUT2D eigenvalue weighted by atomic mass is 16.4. The molecule has 1 N–H and O–H groups in total. The van der Waals surface area contributed by atoms with Gasteiger partial charge < -0.3 is 5.11 Å². The number of carboxylic acid groups (broad SMARTS) is 1. The first-order chi connectivity index (χ1) is 12.4. The van der Waals surface area contributed by atoms with Gasteiger partial charge in [0.05, 0.1) is 5.54 Å². The van der Waals surface area contributed by atoms with Gasteiger partial charge in [-0.1, -0.05) is 30.3 Å². The van der Waals surface area contributed by atoms with E-state index >= 15 is 0 Å². The summed E-state index contributed by atoms with van der Waals surface area (Å²) < 4.78 is 0. The Bertz CT molecular complexity index is 949. The number of likely N-dealkylation sites (tertiary alicyclic amines) is 1. The lowest BCUT2D eigenvalue weighted by Gasteiger charge is -2.44. The number of rotatable bonds is 1. The highest BCUT2D eigenvalue weighted by Crippen LogP contribution is 2.39. The molecular formula is C21H19NO4. The van der Waals surface area contributed by atoms with Gasteiger partial charge in [0.2, 0.25) is 0 Å². The molecule has 1 amide bonds. The van der Waals surface area contributed by atoms with Gasteiger partial charge in [0.15, 0.2) is 11.6 Å². The van der Waals surface area contributed by atoms with Crippen molar-refractivity contribution in [2.24, 2.45) is 0 Å². The molecule has 1 aliphatic heterocycles. The summed E-state index contributed by atoms with van der Waals surface area (Å²) in [6.07, 6.45) is 1.49. The lowest BCUT2D eigenvalue weighted by molar-refractivity contribution is 0.0558. The minimum absolute atomic E-state index is 0.161. The van der Waals surface area contributed by atoms with Gasteiger partial charge in [-0.15, -0.1) is 0 Å². The lowest BCUT2D eigenvalue weighted by atomic mass is 9.78. The Morgan fingerprint density at radius 3 is 2.23 bits per heavy atom. The highest BCUT2D eigenvalue weighted by Gasteiger charge is 2.40. The van der Waals surface area contributed by atoms with E-state index in [2.05, 4.69) is 0 Å². The lowest BCUT2D eigenvalue weighted by Crippen LogP contribution is -2.50. The van der Waals surface area contributed by atoms with Crippen LogP contribution in [0.25, 0.3) is 0 Å². The number of piperidine rings is 1. The van der Waals surface area contributed by atoms with Crippen molar-refractivity contribution in [1.82, 2.24) is 4.90 Å². The topological polar surface area (TPSA) is 74.7 Å². The standard InChI is InChI=1S/C21H19NO4/c1-21(10-4-5-11-22(21)20(25)26)13-8-9-16-17(12-13)19(24)15-7-3-2-6-14(15)18(16)23/h2-3,6-9,12H,4-5,10-11H2,1H3,(H,25,26). The van der Waals surface area contributed by atoms with Crippen LogP contribution >= 0.6 is 0 Å². The largest absolute Gasteiger partial charge is 0.465 e. The summed E-state index contributed by atoms with van der Waals surface area (Å²) in [6.45, 7) is 2.36. The van der Waals surface area contributed by atoms with Gasteiger partial charge in [0, 0.05) is 28.8 Å². The maximum absolute atomic E-state index is 12.9. The number of amides is 1. The molecule has 1 atom stereocenters. The fraction of sp³-hybridized carbons (Fsp3) is 0.286. The van der Waals surface area contributed by atoms with E-state index in [4.69, 9.17) is 0 Å². The maximum atomic E-state index is 12.9. The highest BCUT2D eigenvalue weighted by molar-refractivity contribution is 6.28. The molecule has 0 radical (unpaired) electrons. The van der Waals surface area contributed by atoms with E-state index in [-0.39, 0.29) is 11.6 Å². The quantitative estimate of drug-likeness (QED) is 0.724. The second kappa shape index (κ2) is 5.80. The molecule has 2 aromatic rings. The Balaban J connectivity index is 1.84. The van der Waals surface area contributed by atoms with Crippen molar-refractivity contribution in [2.75, 3.05) is 6.54 Å². The Kier molecular flexibility index (Phi) is 3.68. The molecule has 1 unspecified atom stereocenters. The minimum Gasteiger partial charge on any atom is -0.465 e. The molecule has 5 nitrogen and oxygen atoms in total. The van der Waals surface area contributed by atoms with Gasteiger partial charge in [-0.2, -0.15) is 0 Å². The van der Waals surface area contributed by atoms with Crippen LogP contribution in [0.4, 0.5) is 4.79 Å². The summed E-state index contributed by atoms with van der Waals surface area (Å²) in [5, 5.41) is 9.60. The van der Waals surface area contributed by atoms with Crippen LogP contribution in [0.2, 0.25) is 0 Å². The molecule has 132 valence electrons. The van der Waals surface area contributed by atoms with Crippen molar-refractivity contribution >= 4 is 17.7 Å². The number of ketones is 2. The van der Waals surface area contributed by atoms with Gasteiger partial charge in [-0.25, -0.2) is 4.79 Å². The summed E-state index contributed by atoms with van der Waals surface area (Å²) in [7, 11) is 0. The molecule has 4 rings (SSSR count). The van der Waals surface area contributed by atoms with Crippen LogP contribution < -0.4 is 0 Å². The van der Waals surface area contributed by atoms with E-state index in [0.717, 1.165) is 18.4 Å².